The zero-order valence-electron chi connectivity index (χ0n) is 10.6. The van der Waals surface area contributed by atoms with Gasteiger partial charge in [0.05, 0.1) is 18.8 Å². The maximum atomic E-state index is 11.8. The van der Waals surface area contributed by atoms with Crippen molar-refractivity contribution < 1.29 is 4.79 Å². The van der Waals surface area contributed by atoms with Crippen LogP contribution in [-0.2, 0) is 11.3 Å². The fourth-order valence-corrected chi connectivity index (χ4v) is 1.98. The molecule has 2 rings (SSSR count). The van der Waals surface area contributed by atoms with Crippen LogP contribution in [0.2, 0.25) is 0 Å². The predicted molar refractivity (Wildman–Crippen MR) is 75.3 cm³/mol. The fraction of sp³-hybridized carbons (Fsp3) is 0.308. The molecule has 0 fully saturated rings. The molecule has 0 aliphatic rings. The van der Waals surface area contributed by atoms with Gasteiger partial charge in [0, 0.05) is 17.1 Å². The quantitative estimate of drug-likeness (QED) is 0.918. The number of rotatable bonds is 5. The summed E-state index contributed by atoms with van der Waals surface area (Å²) in [6, 6.07) is 7.91. The van der Waals surface area contributed by atoms with Crippen molar-refractivity contribution in [2.45, 2.75) is 25.9 Å². The molecular formula is C13H15BrN4O. The van der Waals surface area contributed by atoms with Crippen molar-refractivity contribution in [3.8, 4) is 0 Å². The van der Waals surface area contributed by atoms with Gasteiger partial charge < -0.3 is 5.32 Å². The summed E-state index contributed by atoms with van der Waals surface area (Å²) in [4.78, 5) is 11.8. The molecule has 100 valence electrons. The summed E-state index contributed by atoms with van der Waals surface area (Å²) >= 11 is 3.39. The maximum Gasteiger partial charge on any atom is 0.222 e. The Morgan fingerprint density at radius 3 is 2.79 bits per heavy atom. The monoisotopic (exact) mass is 322 g/mol. The second-order valence-corrected chi connectivity index (χ2v) is 5.17. The van der Waals surface area contributed by atoms with Crippen molar-refractivity contribution in [2.24, 2.45) is 0 Å². The second kappa shape index (κ2) is 6.47. The highest BCUT2D eigenvalue weighted by Crippen LogP contribution is 2.16. The number of hydrogen-bond donors (Lipinski definition) is 1. The SMILES string of the molecule is CC(NC(=O)CCn1ccnn1)c1ccc(Br)cc1. The zero-order valence-corrected chi connectivity index (χ0v) is 12.2. The number of nitrogens with one attached hydrogen (secondary N) is 1. The van der Waals surface area contributed by atoms with Crippen LogP contribution in [0.25, 0.3) is 0 Å². The van der Waals surface area contributed by atoms with Gasteiger partial charge >= 0.3 is 0 Å². The number of carbonyl (C=O) groups is 1. The minimum Gasteiger partial charge on any atom is -0.350 e. The highest BCUT2D eigenvalue weighted by atomic mass is 79.9. The molecule has 1 unspecified atom stereocenters. The lowest BCUT2D eigenvalue weighted by Gasteiger charge is -2.14. The topological polar surface area (TPSA) is 59.8 Å². The van der Waals surface area contributed by atoms with Crippen LogP contribution in [0.1, 0.15) is 24.9 Å². The largest absolute Gasteiger partial charge is 0.350 e. The predicted octanol–water partition coefficient (Wildman–Crippen LogP) is 2.31. The van der Waals surface area contributed by atoms with E-state index in [1.807, 2.05) is 31.2 Å². The van der Waals surface area contributed by atoms with Gasteiger partial charge in [-0.15, -0.1) is 5.10 Å². The van der Waals surface area contributed by atoms with Gasteiger partial charge in [0.2, 0.25) is 5.91 Å². The van der Waals surface area contributed by atoms with Crippen LogP contribution in [0.4, 0.5) is 0 Å². The molecule has 0 bridgehead atoms. The summed E-state index contributed by atoms with van der Waals surface area (Å²) in [5.41, 5.74) is 1.08. The molecule has 1 N–H and O–H groups in total. The molecule has 19 heavy (non-hydrogen) atoms. The third-order valence-corrected chi connectivity index (χ3v) is 3.32. The van der Waals surface area contributed by atoms with Crippen LogP contribution in [0.15, 0.2) is 41.1 Å². The lowest BCUT2D eigenvalue weighted by atomic mass is 10.1. The molecule has 6 heteroatoms. The minimum atomic E-state index is -0.00338. The Bertz CT molecular complexity index is 524. The van der Waals surface area contributed by atoms with Crippen LogP contribution in [0.3, 0.4) is 0 Å². The third-order valence-electron chi connectivity index (χ3n) is 2.79. The lowest BCUT2D eigenvalue weighted by molar-refractivity contribution is -0.122. The summed E-state index contributed by atoms with van der Waals surface area (Å²) in [7, 11) is 0. The molecule has 2 aromatic rings. The van der Waals surface area contributed by atoms with E-state index in [0.29, 0.717) is 13.0 Å². The molecule has 5 nitrogen and oxygen atoms in total. The minimum absolute atomic E-state index is 0.00338. The first-order valence-electron chi connectivity index (χ1n) is 6.04. The number of aryl methyl sites for hydroxylation is 1. The summed E-state index contributed by atoms with van der Waals surface area (Å²) < 4.78 is 2.67. The van der Waals surface area contributed by atoms with Gasteiger partial charge in [-0.25, -0.2) is 0 Å². The number of aromatic nitrogens is 3. The van der Waals surface area contributed by atoms with Gasteiger partial charge in [-0.05, 0) is 24.6 Å². The molecular weight excluding hydrogens is 308 g/mol. The van der Waals surface area contributed by atoms with E-state index in [2.05, 4.69) is 31.6 Å². The molecule has 1 atom stereocenters. The van der Waals surface area contributed by atoms with Gasteiger partial charge in [0.1, 0.15) is 0 Å². The van der Waals surface area contributed by atoms with E-state index in [9.17, 15) is 4.79 Å². The summed E-state index contributed by atoms with van der Waals surface area (Å²) in [6.07, 6.45) is 3.73. The first-order chi connectivity index (χ1) is 9.15. The van der Waals surface area contributed by atoms with Crippen molar-refractivity contribution >= 4 is 21.8 Å². The maximum absolute atomic E-state index is 11.8. The molecule has 1 amide bonds. The van der Waals surface area contributed by atoms with Gasteiger partial charge in [0.25, 0.3) is 0 Å². The normalized spacial score (nSPS) is 12.1. The number of carbonyl (C=O) groups excluding carboxylic acids is 1. The van der Waals surface area contributed by atoms with E-state index in [1.54, 1.807) is 17.1 Å². The van der Waals surface area contributed by atoms with Crippen LogP contribution >= 0.6 is 15.9 Å². The van der Waals surface area contributed by atoms with Crippen molar-refractivity contribution in [3.63, 3.8) is 0 Å². The molecule has 0 spiro atoms. The van der Waals surface area contributed by atoms with E-state index < -0.39 is 0 Å². The van der Waals surface area contributed by atoms with Crippen molar-refractivity contribution in [3.05, 3.63) is 46.7 Å². The Kier molecular flexibility index (Phi) is 4.68. The number of nitrogens with zero attached hydrogens (tertiary/aromatic N) is 3. The Morgan fingerprint density at radius 1 is 1.42 bits per heavy atom. The third kappa shape index (κ3) is 4.17. The van der Waals surface area contributed by atoms with Crippen LogP contribution < -0.4 is 5.32 Å². The van der Waals surface area contributed by atoms with E-state index in [0.717, 1.165) is 10.0 Å². The van der Waals surface area contributed by atoms with Crippen LogP contribution in [0, 0.1) is 0 Å². The molecule has 0 radical (unpaired) electrons. The number of halogens is 1. The highest BCUT2D eigenvalue weighted by Gasteiger charge is 2.09. The van der Waals surface area contributed by atoms with Gasteiger partial charge in [-0.2, -0.15) is 0 Å². The summed E-state index contributed by atoms with van der Waals surface area (Å²) in [6.45, 7) is 2.51. The standard InChI is InChI=1S/C13H15BrN4O/c1-10(11-2-4-12(14)5-3-11)16-13(19)6-8-18-9-7-15-17-18/h2-5,7,9-10H,6,8H2,1H3,(H,16,19). The highest BCUT2D eigenvalue weighted by molar-refractivity contribution is 9.10. The second-order valence-electron chi connectivity index (χ2n) is 4.26. The van der Waals surface area contributed by atoms with Crippen LogP contribution in [-0.4, -0.2) is 20.9 Å². The summed E-state index contributed by atoms with van der Waals surface area (Å²) in [5.74, 6) is 0.00548. The Hall–Kier alpha value is -1.69. The van der Waals surface area contributed by atoms with Crippen molar-refractivity contribution in [1.82, 2.24) is 20.3 Å². The van der Waals surface area contributed by atoms with Crippen LogP contribution in [0.5, 0.6) is 0 Å². The lowest BCUT2D eigenvalue weighted by Crippen LogP contribution is -2.27. The average molecular weight is 323 g/mol. The van der Waals surface area contributed by atoms with E-state index in [1.165, 1.54) is 0 Å². The molecule has 1 aromatic carbocycles. The number of benzene rings is 1. The molecule has 0 aliphatic heterocycles. The van der Waals surface area contributed by atoms with E-state index >= 15 is 0 Å². The Labute approximate surface area is 120 Å². The van der Waals surface area contributed by atoms with Gasteiger partial charge in [-0.1, -0.05) is 33.3 Å². The zero-order chi connectivity index (χ0) is 13.7. The molecule has 1 heterocycles. The number of hydrogen-bond acceptors (Lipinski definition) is 3. The molecule has 0 saturated heterocycles. The molecule has 1 aromatic heterocycles. The smallest absolute Gasteiger partial charge is 0.222 e. The van der Waals surface area contributed by atoms with E-state index in [-0.39, 0.29) is 11.9 Å². The van der Waals surface area contributed by atoms with Gasteiger partial charge in [-0.3, -0.25) is 9.48 Å². The summed E-state index contributed by atoms with van der Waals surface area (Å²) in [5, 5.41) is 10.5. The van der Waals surface area contributed by atoms with Gasteiger partial charge in [0.15, 0.2) is 0 Å². The first kappa shape index (κ1) is 13.7. The Balaban J connectivity index is 1.83. The number of amides is 1. The average Bonchev–Trinajstić information content (AvgIpc) is 2.90. The van der Waals surface area contributed by atoms with Crippen molar-refractivity contribution in [1.29, 1.82) is 0 Å². The molecule has 0 saturated carbocycles. The first-order valence-corrected chi connectivity index (χ1v) is 6.83. The fourth-order valence-electron chi connectivity index (χ4n) is 1.72. The van der Waals surface area contributed by atoms with Crippen molar-refractivity contribution in [2.75, 3.05) is 0 Å². The van der Waals surface area contributed by atoms with E-state index in [4.69, 9.17) is 0 Å². The Morgan fingerprint density at radius 2 is 2.16 bits per heavy atom. The molecule has 0 aliphatic carbocycles.